The zero-order valence-corrected chi connectivity index (χ0v) is 5.53. The van der Waals surface area contributed by atoms with Crippen LogP contribution >= 0.6 is 0 Å². The standard InChI is InChI=1S/C7H10O3/c1-2-4-5(3-8)6(4)7(9)10/h2,4-6,8H,1,3H2,(H,9,10)/t4-,5-,6-/m0/s1. The van der Waals surface area contributed by atoms with Gasteiger partial charge in [-0.3, -0.25) is 4.79 Å². The molecule has 0 bridgehead atoms. The van der Waals surface area contributed by atoms with Crippen LogP contribution in [0, 0.1) is 17.8 Å². The van der Waals surface area contributed by atoms with Crippen LogP contribution in [0.4, 0.5) is 0 Å². The van der Waals surface area contributed by atoms with Gasteiger partial charge in [0.15, 0.2) is 0 Å². The molecule has 0 aromatic carbocycles. The first kappa shape index (κ1) is 7.28. The third kappa shape index (κ3) is 0.926. The number of aliphatic hydroxyl groups is 1. The molecule has 3 heteroatoms. The van der Waals surface area contributed by atoms with Crippen molar-refractivity contribution in [3.05, 3.63) is 12.7 Å². The molecule has 0 aliphatic heterocycles. The Bertz CT molecular complexity index is 164. The summed E-state index contributed by atoms with van der Waals surface area (Å²) in [6.45, 7) is 3.43. The minimum atomic E-state index is -0.830. The van der Waals surface area contributed by atoms with Crippen molar-refractivity contribution >= 4 is 5.97 Å². The summed E-state index contributed by atoms with van der Waals surface area (Å²) in [6.07, 6.45) is 1.60. The normalized spacial score (nSPS) is 37.1. The molecule has 56 valence electrons. The number of carbonyl (C=O) groups is 1. The van der Waals surface area contributed by atoms with Gasteiger partial charge in [0.2, 0.25) is 0 Å². The highest BCUT2D eigenvalue weighted by Gasteiger charge is 2.52. The molecular weight excluding hydrogens is 132 g/mol. The van der Waals surface area contributed by atoms with Crippen LogP contribution in [0.1, 0.15) is 0 Å². The van der Waals surface area contributed by atoms with Crippen LogP contribution in [-0.2, 0) is 4.79 Å². The summed E-state index contributed by atoms with van der Waals surface area (Å²) in [5.74, 6) is -1.32. The van der Waals surface area contributed by atoms with Gasteiger partial charge in [-0.05, 0) is 5.92 Å². The van der Waals surface area contributed by atoms with Crippen molar-refractivity contribution in [2.45, 2.75) is 0 Å². The molecule has 0 radical (unpaired) electrons. The maximum atomic E-state index is 10.3. The quantitative estimate of drug-likeness (QED) is 0.550. The third-order valence-corrected chi connectivity index (χ3v) is 2.00. The van der Waals surface area contributed by atoms with Gasteiger partial charge in [0.1, 0.15) is 0 Å². The number of hydrogen-bond donors (Lipinski definition) is 2. The highest BCUT2D eigenvalue weighted by molar-refractivity contribution is 5.74. The van der Waals surface area contributed by atoms with E-state index < -0.39 is 5.97 Å². The Hall–Kier alpha value is -0.830. The molecular formula is C7H10O3. The van der Waals surface area contributed by atoms with Gasteiger partial charge in [0.25, 0.3) is 0 Å². The summed E-state index contributed by atoms with van der Waals surface area (Å²) in [5, 5.41) is 17.1. The number of carboxylic acid groups (broad SMARTS) is 1. The Morgan fingerprint density at radius 3 is 2.40 bits per heavy atom. The molecule has 0 heterocycles. The Balaban J connectivity index is 2.51. The SMILES string of the molecule is C=C[C@H]1[C@H](CO)[C@H]1C(=O)O. The Morgan fingerprint density at radius 2 is 2.30 bits per heavy atom. The smallest absolute Gasteiger partial charge is 0.307 e. The molecule has 0 spiro atoms. The molecule has 1 rings (SSSR count). The average molecular weight is 142 g/mol. The average Bonchev–Trinajstić information content (AvgIpc) is 2.60. The summed E-state index contributed by atoms with van der Waals surface area (Å²) in [4.78, 5) is 10.3. The van der Waals surface area contributed by atoms with E-state index in [1.54, 1.807) is 6.08 Å². The molecule has 0 aromatic rings. The van der Waals surface area contributed by atoms with Gasteiger partial charge in [-0.15, -0.1) is 6.58 Å². The first-order chi connectivity index (χ1) is 4.72. The second-order valence-electron chi connectivity index (χ2n) is 2.52. The molecule has 3 nitrogen and oxygen atoms in total. The fourth-order valence-electron chi connectivity index (χ4n) is 1.30. The number of rotatable bonds is 3. The van der Waals surface area contributed by atoms with Gasteiger partial charge < -0.3 is 10.2 Å². The van der Waals surface area contributed by atoms with Crippen molar-refractivity contribution in [1.82, 2.24) is 0 Å². The third-order valence-electron chi connectivity index (χ3n) is 2.00. The second-order valence-corrected chi connectivity index (χ2v) is 2.52. The first-order valence-electron chi connectivity index (χ1n) is 3.18. The van der Waals surface area contributed by atoms with Crippen LogP contribution in [-0.4, -0.2) is 22.8 Å². The van der Waals surface area contributed by atoms with E-state index in [-0.39, 0.29) is 24.4 Å². The van der Waals surface area contributed by atoms with Gasteiger partial charge in [-0.1, -0.05) is 6.08 Å². The highest BCUT2D eigenvalue weighted by Crippen LogP contribution is 2.46. The highest BCUT2D eigenvalue weighted by atomic mass is 16.4. The van der Waals surface area contributed by atoms with E-state index in [4.69, 9.17) is 10.2 Å². The summed E-state index contributed by atoms with van der Waals surface area (Å²) < 4.78 is 0. The molecule has 0 aromatic heterocycles. The van der Waals surface area contributed by atoms with Crippen LogP contribution in [0.5, 0.6) is 0 Å². The van der Waals surface area contributed by atoms with E-state index in [2.05, 4.69) is 6.58 Å². The maximum Gasteiger partial charge on any atom is 0.307 e. The lowest BCUT2D eigenvalue weighted by atomic mass is 10.3. The van der Waals surface area contributed by atoms with E-state index in [0.29, 0.717) is 0 Å². The van der Waals surface area contributed by atoms with E-state index in [1.165, 1.54) is 0 Å². The van der Waals surface area contributed by atoms with Crippen molar-refractivity contribution in [3.63, 3.8) is 0 Å². The zero-order chi connectivity index (χ0) is 7.72. The van der Waals surface area contributed by atoms with Crippen LogP contribution in [0.25, 0.3) is 0 Å². The van der Waals surface area contributed by atoms with Crippen molar-refractivity contribution in [2.75, 3.05) is 6.61 Å². The molecule has 2 N–H and O–H groups in total. The van der Waals surface area contributed by atoms with E-state index >= 15 is 0 Å². The minimum Gasteiger partial charge on any atom is -0.481 e. The van der Waals surface area contributed by atoms with Crippen LogP contribution in [0.2, 0.25) is 0 Å². The molecule has 1 fully saturated rings. The number of hydrogen-bond acceptors (Lipinski definition) is 2. The molecule has 1 saturated carbocycles. The summed E-state index contributed by atoms with van der Waals surface area (Å²) >= 11 is 0. The molecule has 0 amide bonds. The first-order valence-corrected chi connectivity index (χ1v) is 3.18. The van der Waals surface area contributed by atoms with Crippen molar-refractivity contribution in [1.29, 1.82) is 0 Å². The molecule has 0 unspecified atom stereocenters. The van der Waals surface area contributed by atoms with Gasteiger partial charge in [0.05, 0.1) is 5.92 Å². The number of carboxylic acids is 1. The van der Waals surface area contributed by atoms with E-state index in [0.717, 1.165) is 0 Å². The predicted molar refractivity (Wildman–Crippen MR) is 35.4 cm³/mol. The predicted octanol–water partition coefficient (Wildman–Crippen LogP) is 0.112. The minimum absolute atomic E-state index is 0.0116. The van der Waals surface area contributed by atoms with Crippen molar-refractivity contribution in [3.8, 4) is 0 Å². The molecule has 1 aliphatic rings. The van der Waals surface area contributed by atoms with E-state index in [1.807, 2.05) is 0 Å². The second kappa shape index (κ2) is 2.42. The largest absolute Gasteiger partial charge is 0.481 e. The Morgan fingerprint density at radius 1 is 1.70 bits per heavy atom. The zero-order valence-electron chi connectivity index (χ0n) is 5.53. The molecule has 10 heavy (non-hydrogen) atoms. The molecule has 3 atom stereocenters. The van der Waals surface area contributed by atoms with Gasteiger partial charge in [-0.25, -0.2) is 0 Å². The monoisotopic (exact) mass is 142 g/mol. The van der Waals surface area contributed by atoms with Crippen molar-refractivity contribution in [2.24, 2.45) is 17.8 Å². The van der Waals surface area contributed by atoms with Gasteiger partial charge in [-0.2, -0.15) is 0 Å². The van der Waals surface area contributed by atoms with Crippen LogP contribution < -0.4 is 0 Å². The van der Waals surface area contributed by atoms with Crippen molar-refractivity contribution < 1.29 is 15.0 Å². The number of aliphatic carboxylic acids is 1. The van der Waals surface area contributed by atoms with Gasteiger partial charge >= 0.3 is 5.97 Å². The number of allylic oxidation sites excluding steroid dienone is 1. The fraction of sp³-hybridized carbons (Fsp3) is 0.571. The lowest BCUT2D eigenvalue weighted by molar-refractivity contribution is -0.139. The molecule has 1 aliphatic carbocycles. The van der Waals surface area contributed by atoms with Crippen LogP contribution in [0.15, 0.2) is 12.7 Å². The Labute approximate surface area is 59.0 Å². The lowest BCUT2D eigenvalue weighted by Gasteiger charge is -1.84. The van der Waals surface area contributed by atoms with E-state index in [9.17, 15) is 4.79 Å². The van der Waals surface area contributed by atoms with Gasteiger partial charge in [0, 0.05) is 12.5 Å². The van der Waals surface area contributed by atoms with Crippen LogP contribution in [0.3, 0.4) is 0 Å². The summed E-state index contributed by atoms with van der Waals surface area (Å²) in [6, 6.07) is 0. The Kier molecular flexibility index (Phi) is 1.76. The maximum absolute atomic E-state index is 10.3. The summed E-state index contributed by atoms with van der Waals surface area (Å²) in [5.41, 5.74) is 0. The molecule has 0 saturated heterocycles. The summed E-state index contributed by atoms with van der Waals surface area (Å²) in [7, 11) is 0. The lowest BCUT2D eigenvalue weighted by Crippen LogP contribution is -2.01. The fourth-order valence-corrected chi connectivity index (χ4v) is 1.30. The topological polar surface area (TPSA) is 57.5 Å². The number of aliphatic hydroxyl groups excluding tert-OH is 1.